The number of rotatable bonds is 6. The number of alkyl halides is 3. The highest BCUT2D eigenvalue weighted by Crippen LogP contribution is 2.38. The Balaban J connectivity index is 1.53. The van der Waals surface area contributed by atoms with Crippen molar-refractivity contribution in [3.8, 4) is 16.9 Å². The summed E-state index contributed by atoms with van der Waals surface area (Å²) < 4.78 is 41.8. The lowest BCUT2D eigenvalue weighted by atomic mass is 9.75. The van der Waals surface area contributed by atoms with Crippen LogP contribution >= 0.6 is 0 Å². The van der Waals surface area contributed by atoms with Gasteiger partial charge in [-0.25, -0.2) is 0 Å². The zero-order valence-corrected chi connectivity index (χ0v) is 18.2. The van der Waals surface area contributed by atoms with Crippen molar-refractivity contribution in [3.05, 3.63) is 54.1 Å². The normalized spacial score (nSPS) is 23.6. The van der Waals surface area contributed by atoms with Gasteiger partial charge in [0, 0.05) is 32.7 Å². The molecular weight excluding hydrogens is 417 g/mol. The number of piperazine rings is 1. The topological polar surface area (TPSA) is 44.7 Å². The van der Waals surface area contributed by atoms with Gasteiger partial charge in [0.2, 0.25) is 0 Å². The van der Waals surface area contributed by atoms with E-state index in [1.54, 1.807) is 12.1 Å². The number of benzene rings is 2. The van der Waals surface area contributed by atoms with Gasteiger partial charge in [0.15, 0.2) is 0 Å². The molecule has 2 aromatic rings. The Bertz CT molecular complexity index is 858. The summed E-state index contributed by atoms with van der Waals surface area (Å²) in [5.74, 6) is 0.702. The molecule has 1 saturated carbocycles. The molecule has 2 aliphatic rings. The van der Waals surface area contributed by atoms with Crippen molar-refractivity contribution in [2.45, 2.75) is 44.1 Å². The van der Waals surface area contributed by atoms with Crippen LogP contribution in [0.25, 0.3) is 11.1 Å². The molecule has 1 heterocycles. The molecule has 0 spiro atoms. The second-order valence-electron chi connectivity index (χ2n) is 8.92. The summed E-state index contributed by atoms with van der Waals surface area (Å²) in [5.41, 5.74) is 2.82. The Morgan fingerprint density at radius 2 is 1.66 bits per heavy atom. The molecule has 1 aliphatic carbocycles. The lowest BCUT2D eigenvalue weighted by Crippen LogP contribution is -2.46. The summed E-state index contributed by atoms with van der Waals surface area (Å²) in [6.07, 6.45) is -1.13. The van der Waals surface area contributed by atoms with Crippen molar-refractivity contribution in [2.75, 3.05) is 32.7 Å². The van der Waals surface area contributed by atoms with E-state index in [-0.39, 0.29) is 11.9 Å². The highest BCUT2D eigenvalue weighted by Gasteiger charge is 2.31. The molecule has 0 aromatic heterocycles. The highest BCUT2D eigenvalue weighted by molar-refractivity contribution is 5.65. The number of ether oxygens (including phenoxy) is 1. The molecule has 1 atom stereocenters. The molecule has 174 valence electrons. The third-order valence-electron chi connectivity index (χ3n) is 6.71. The van der Waals surface area contributed by atoms with E-state index >= 15 is 0 Å². The first kappa shape index (κ1) is 23.1. The Hall–Kier alpha value is -2.09. The zero-order valence-electron chi connectivity index (χ0n) is 18.2. The average Bonchev–Trinajstić information content (AvgIpc) is 2.78. The van der Waals surface area contributed by atoms with E-state index < -0.39 is 6.36 Å². The van der Waals surface area contributed by atoms with Gasteiger partial charge < -0.3 is 20.1 Å². The van der Waals surface area contributed by atoms with E-state index in [0.29, 0.717) is 17.4 Å². The first-order valence-corrected chi connectivity index (χ1v) is 11.4. The SMILES string of the molecule is OC1CCC(C(CN2CCNCC2)c2ccc(-c3cccc(OC(F)(F)F)c3)cc2)CC1. The maximum atomic E-state index is 12.6. The zero-order chi connectivity index (χ0) is 22.6. The van der Waals surface area contributed by atoms with Crippen LogP contribution in [0.15, 0.2) is 48.5 Å². The smallest absolute Gasteiger partial charge is 0.406 e. The number of hydrogen-bond acceptors (Lipinski definition) is 4. The first-order chi connectivity index (χ1) is 15.4. The fourth-order valence-electron chi connectivity index (χ4n) is 5.00. The molecule has 4 rings (SSSR count). The number of nitrogens with zero attached hydrogens (tertiary/aromatic N) is 1. The fourth-order valence-corrected chi connectivity index (χ4v) is 5.00. The van der Waals surface area contributed by atoms with Crippen LogP contribution in [0.5, 0.6) is 5.75 Å². The molecule has 2 aromatic carbocycles. The van der Waals surface area contributed by atoms with Crippen molar-refractivity contribution in [1.29, 1.82) is 0 Å². The maximum absolute atomic E-state index is 12.6. The molecule has 0 amide bonds. The number of halogens is 3. The summed E-state index contributed by atoms with van der Waals surface area (Å²) in [6.45, 7) is 5.08. The fraction of sp³-hybridized carbons (Fsp3) is 0.520. The first-order valence-electron chi connectivity index (χ1n) is 11.4. The maximum Gasteiger partial charge on any atom is 0.573 e. The quantitative estimate of drug-likeness (QED) is 0.667. The molecule has 4 nitrogen and oxygen atoms in total. The van der Waals surface area contributed by atoms with E-state index in [1.165, 1.54) is 17.7 Å². The minimum atomic E-state index is -4.70. The van der Waals surface area contributed by atoms with E-state index in [4.69, 9.17) is 0 Å². The summed E-state index contributed by atoms with van der Waals surface area (Å²) in [5, 5.41) is 13.4. The van der Waals surface area contributed by atoms with Gasteiger partial charge in [-0.15, -0.1) is 13.2 Å². The van der Waals surface area contributed by atoms with Gasteiger partial charge in [0.05, 0.1) is 6.10 Å². The van der Waals surface area contributed by atoms with Gasteiger partial charge in [-0.05, 0) is 66.3 Å². The monoisotopic (exact) mass is 448 g/mol. The second-order valence-corrected chi connectivity index (χ2v) is 8.92. The Morgan fingerprint density at radius 3 is 2.31 bits per heavy atom. The van der Waals surface area contributed by atoms with Gasteiger partial charge in [0.25, 0.3) is 0 Å². The summed E-state index contributed by atoms with van der Waals surface area (Å²) in [7, 11) is 0. The number of aliphatic hydroxyl groups excluding tert-OH is 1. The van der Waals surface area contributed by atoms with Crippen LogP contribution in [0.3, 0.4) is 0 Å². The third kappa shape index (κ3) is 6.24. The van der Waals surface area contributed by atoms with Crippen LogP contribution < -0.4 is 10.1 Å². The van der Waals surface area contributed by atoms with E-state index in [2.05, 4.69) is 27.1 Å². The van der Waals surface area contributed by atoms with Gasteiger partial charge in [-0.2, -0.15) is 0 Å². The molecule has 0 bridgehead atoms. The van der Waals surface area contributed by atoms with Crippen molar-refractivity contribution < 1.29 is 23.0 Å². The van der Waals surface area contributed by atoms with Crippen molar-refractivity contribution >= 4 is 0 Å². The molecule has 32 heavy (non-hydrogen) atoms. The Labute approximate surface area is 187 Å². The number of hydrogen-bond donors (Lipinski definition) is 2. The third-order valence-corrected chi connectivity index (χ3v) is 6.71. The van der Waals surface area contributed by atoms with Gasteiger partial charge in [-0.3, -0.25) is 0 Å². The molecular formula is C25H31F3N2O2. The molecule has 1 unspecified atom stereocenters. The predicted molar refractivity (Wildman–Crippen MR) is 119 cm³/mol. The van der Waals surface area contributed by atoms with E-state index in [0.717, 1.165) is 64.0 Å². The average molecular weight is 449 g/mol. The van der Waals surface area contributed by atoms with Crippen LogP contribution in [0, 0.1) is 5.92 Å². The second kappa shape index (κ2) is 10.2. The molecule has 7 heteroatoms. The van der Waals surface area contributed by atoms with Crippen LogP contribution in [0.2, 0.25) is 0 Å². The standard InChI is InChI=1S/C25H31F3N2O2/c26-25(27,28)32-23-3-1-2-21(16-23)18-4-6-19(7-5-18)24(17-30-14-12-29-13-15-30)20-8-10-22(31)11-9-20/h1-7,16,20,22,24,29,31H,8-15,17H2. The predicted octanol–water partition coefficient (Wildman–Crippen LogP) is 4.79. The van der Waals surface area contributed by atoms with Crippen LogP contribution in [-0.4, -0.2) is 55.2 Å². The molecule has 1 aliphatic heterocycles. The lowest BCUT2D eigenvalue weighted by Gasteiger charge is -2.37. The molecule has 2 N–H and O–H groups in total. The number of nitrogens with one attached hydrogen (secondary N) is 1. The van der Waals surface area contributed by atoms with E-state index in [1.807, 2.05) is 12.1 Å². The minimum absolute atomic E-state index is 0.181. The lowest BCUT2D eigenvalue weighted by molar-refractivity contribution is -0.274. The summed E-state index contributed by atoms with van der Waals surface area (Å²) in [4.78, 5) is 2.51. The van der Waals surface area contributed by atoms with Crippen molar-refractivity contribution in [3.63, 3.8) is 0 Å². The molecule has 0 radical (unpaired) electrons. The Morgan fingerprint density at radius 1 is 0.969 bits per heavy atom. The van der Waals surface area contributed by atoms with Gasteiger partial charge >= 0.3 is 6.36 Å². The van der Waals surface area contributed by atoms with Crippen molar-refractivity contribution in [1.82, 2.24) is 10.2 Å². The largest absolute Gasteiger partial charge is 0.573 e. The Kier molecular flexibility index (Phi) is 7.38. The number of aliphatic hydroxyl groups is 1. The summed E-state index contributed by atoms with van der Waals surface area (Å²) >= 11 is 0. The van der Waals surface area contributed by atoms with Gasteiger partial charge in [-0.1, -0.05) is 36.4 Å². The minimum Gasteiger partial charge on any atom is -0.406 e. The summed E-state index contributed by atoms with van der Waals surface area (Å²) in [6, 6.07) is 14.3. The van der Waals surface area contributed by atoms with Crippen LogP contribution in [0.1, 0.15) is 37.2 Å². The molecule has 2 fully saturated rings. The highest BCUT2D eigenvalue weighted by atomic mass is 19.4. The van der Waals surface area contributed by atoms with Crippen LogP contribution in [0.4, 0.5) is 13.2 Å². The molecule has 1 saturated heterocycles. The van der Waals surface area contributed by atoms with Gasteiger partial charge in [0.1, 0.15) is 5.75 Å². The van der Waals surface area contributed by atoms with Crippen molar-refractivity contribution in [2.24, 2.45) is 5.92 Å². The van der Waals surface area contributed by atoms with Crippen LogP contribution in [-0.2, 0) is 0 Å². The van der Waals surface area contributed by atoms with E-state index in [9.17, 15) is 18.3 Å².